The van der Waals surface area contributed by atoms with Gasteiger partial charge < -0.3 is 9.47 Å². The molecule has 0 atom stereocenters. The third-order valence-corrected chi connectivity index (χ3v) is 5.51. The lowest BCUT2D eigenvalue weighted by molar-refractivity contribution is 0.411. The van der Waals surface area contributed by atoms with Crippen LogP contribution in [0.4, 0.5) is 0 Å². The van der Waals surface area contributed by atoms with Gasteiger partial charge in [0.15, 0.2) is 0 Å². The molecular formula is C22H19N4O2P. The van der Waals surface area contributed by atoms with Gasteiger partial charge in [-0.3, -0.25) is 10.1 Å². The van der Waals surface area contributed by atoms with E-state index in [9.17, 15) is 5.26 Å². The third kappa shape index (κ3) is 3.15. The van der Waals surface area contributed by atoms with E-state index in [1.807, 2.05) is 18.2 Å². The number of aromatic nitrogens is 3. The highest BCUT2D eigenvalue weighted by Crippen LogP contribution is 2.35. The average molecular weight is 402 g/mol. The van der Waals surface area contributed by atoms with Gasteiger partial charge in [0.2, 0.25) is 0 Å². The highest BCUT2D eigenvalue weighted by atomic mass is 31.0. The minimum absolute atomic E-state index is 0.493. The number of nitrogens with zero attached hydrogens (tertiary/aromatic N) is 3. The van der Waals surface area contributed by atoms with Crippen molar-refractivity contribution in [1.82, 2.24) is 15.2 Å². The molecule has 0 bridgehead atoms. The van der Waals surface area contributed by atoms with Crippen LogP contribution in [0.3, 0.4) is 0 Å². The summed E-state index contributed by atoms with van der Waals surface area (Å²) in [5.74, 6) is 0.830. The van der Waals surface area contributed by atoms with Gasteiger partial charge >= 0.3 is 0 Å². The van der Waals surface area contributed by atoms with E-state index in [1.54, 1.807) is 26.5 Å². The van der Waals surface area contributed by atoms with E-state index in [4.69, 9.17) is 9.47 Å². The number of hydrogen-bond acceptors (Lipinski definition) is 5. The van der Waals surface area contributed by atoms with Crippen LogP contribution in [0, 0.1) is 11.3 Å². The van der Waals surface area contributed by atoms with Crippen LogP contribution >= 0.6 is 8.86 Å². The Morgan fingerprint density at radius 3 is 2.76 bits per heavy atom. The van der Waals surface area contributed by atoms with Gasteiger partial charge in [-0.05, 0) is 30.2 Å². The molecule has 0 aliphatic heterocycles. The zero-order valence-electron chi connectivity index (χ0n) is 16.3. The largest absolute Gasteiger partial charge is 0.496 e. The molecule has 0 spiro atoms. The van der Waals surface area contributed by atoms with Gasteiger partial charge in [-0.1, -0.05) is 21.9 Å². The number of fused-ring (bicyclic) bond motifs is 3. The van der Waals surface area contributed by atoms with Gasteiger partial charge in [-0.15, -0.1) is 0 Å². The zero-order valence-corrected chi connectivity index (χ0v) is 17.3. The first-order chi connectivity index (χ1) is 14.1. The molecule has 0 saturated heterocycles. The number of H-pyrrole nitrogens is 1. The van der Waals surface area contributed by atoms with Crippen LogP contribution in [-0.4, -0.2) is 34.9 Å². The summed E-state index contributed by atoms with van der Waals surface area (Å²) in [7, 11) is 6.67. The van der Waals surface area contributed by atoms with E-state index >= 15 is 0 Å². The molecule has 2 aromatic carbocycles. The van der Waals surface area contributed by atoms with Crippen molar-refractivity contribution in [2.24, 2.45) is 0 Å². The molecule has 0 saturated carbocycles. The maximum Gasteiger partial charge on any atom is 0.124 e. The number of hydrogen-bond donors (Lipinski definition) is 1. The van der Waals surface area contributed by atoms with Gasteiger partial charge in [0.1, 0.15) is 16.9 Å². The molecule has 0 amide bonds. The topological polar surface area (TPSA) is 83.8 Å². The molecule has 6 nitrogen and oxygen atoms in total. The molecule has 29 heavy (non-hydrogen) atoms. The van der Waals surface area contributed by atoms with Crippen LogP contribution in [0.2, 0.25) is 0 Å². The number of benzene rings is 2. The number of nitrogens with one attached hydrogen (secondary N) is 1. The lowest BCUT2D eigenvalue weighted by atomic mass is 9.98. The number of methoxy groups -OCH3 is 2. The van der Waals surface area contributed by atoms with E-state index in [-0.39, 0.29) is 0 Å². The number of aromatic amines is 1. The predicted octanol–water partition coefficient (Wildman–Crippen LogP) is 4.49. The van der Waals surface area contributed by atoms with Crippen LogP contribution in [0.5, 0.6) is 5.75 Å². The van der Waals surface area contributed by atoms with Crippen molar-refractivity contribution in [3.63, 3.8) is 0 Å². The molecule has 1 N–H and O–H groups in total. The summed E-state index contributed by atoms with van der Waals surface area (Å²) in [6, 6.07) is 11.8. The van der Waals surface area contributed by atoms with Crippen molar-refractivity contribution in [2.75, 3.05) is 14.2 Å². The molecule has 0 aliphatic carbocycles. The number of ether oxygens (including phenoxy) is 2. The summed E-state index contributed by atoms with van der Waals surface area (Å²) in [5.41, 5.74) is 6.15. The van der Waals surface area contributed by atoms with E-state index < -0.39 is 0 Å². The molecule has 0 unspecified atom stereocenters. The molecule has 0 radical (unpaired) electrons. The number of nitriles is 1. The van der Waals surface area contributed by atoms with Gasteiger partial charge in [0, 0.05) is 35.1 Å². The average Bonchev–Trinajstić information content (AvgIpc) is 3.21. The molecule has 4 rings (SSSR count). The normalized spacial score (nSPS) is 11.0. The number of aryl methyl sites for hydroxylation is 1. The van der Waals surface area contributed by atoms with Crippen molar-refractivity contribution in [3.8, 4) is 23.1 Å². The second-order valence-corrected chi connectivity index (χ2v) is 7.01. The Morgan fingerprint density at radius 1 is 1.24 bits per heavy atom. The lowest BCUT2D eigenvalue weighted by Crippen LogP contribution is -2.02. The minimum Gasteiger partial charge on any atom is -0.496 e. The highest BCUT2D eigenvalue weighted by molar-refractivity contribution is 7.21. The maximum absolute atomic E-state index is 9.42. The Balaban J connectivity index is 2.01. The predicted molar refractivity (Wildman–Crippen MR) is 117 cm³/mol. The fourth-order valence-electron chi connectivity index (χ4n) is 3.54. The molecule has 0 fully saturated rings. The SMILES string of the molecule is CCc1cc2c(cc1OC)ncc1[nH]nc(-c3ccc(C#N)c(C(=P)OC)c3)c12. The van der Waals surface area contributed by atoms with Crippen molar-refractivity contribution in [3.05, 3.63) is 53.2 Å². The smallest absolute Gasteiger partial charge is 0.124 e. The maximum atomic E-state index is 9.42. The van der Waals surface area contributed by atoms with Crippen LogP contribution in [0.15, 0.2) is 36.5 Å². The monoisotopic (exact) mass is 402 g/mol. The summed E-state index contributed by atoms with van der Waals surface area (Å²) >= 11 is 0. The van der Waals surface area contributed by atoms with Crippen molar-refractivity contribution >= 4 is 36.1 Å². The minimum atomic E-state index is 0.493. The summed E-state index contributed by atoms with van der Waals surface area (Å²) in [5, 5.41) is 19.0. The fraction of sp³-hybridized carbons (Fsp3) is 0.182. The second kappa shape index (κ2) is 7.63. The Hall–Kier alpha value is -3.26. The fourth-order valence-corrected chi connectivity index (χ4v) is 3.75. The highest BCUT2D eigenvalue weighted by Gasteiger charge is 2.17. The first-order valence-electron chi connectivity index (χ1n) is 9.12. The second-order valence-electron chi connectivity index (χ2n) is 6.56. The summed E-state index contributed by atoms with van der Waals surface area (Å²) in [6.45, 7) is 2.10. The zero-order chi connectivity index (χ0) is 20.5. The van der Waals surface area contributed by atoms with Gasteiger partial charge in [-0.2, -0.15) is 10.4 Å². The third-order valence-electron chi connectivity index (χ3n) is 5.04. The molecule has 7 heteroatoms. The molecule has 4 aromatic rings. The quantitative estimate of drug-likeness (QED) is 0.498. The molecule has 2 heterocycles. The Morgan fingerprint density at radius 2 is 2.07 bits per heavy atom. The van der Waals surface area contributed by atoms with Gasteiger partial charge in [-0.25, -0.2) is 0 Å². The summed E-state index contributed by atoms with van der Waals surface area (Å²) < 4.78 is 10.8. The summed E-state index contributed by atoms with van der Waals surface area (Å²) in [6.07, 6.45) is 2.62. The molecule has 0 aliphatic rings. The van der Waals surface area contributed by atoms with Crippen LogP contribution in [-0.2, 0) is 11.2 Å². The van der Waals surface area contributed by atoms with Crippen LogP contribution < -0.4 is 4.74 Å². The Labute approximate surface area is 170 Å². The van der Waals surface area contributed by atoms with E-state index in [0.29, 0.717) is 16.6 Å². The number of rotatable bonds is 5. The Bertz CT molecular complexity index is 1300. The standard InChI is InChI=1S/C22H19N4O2P/c1-4-12-7-16-17(9-19(12)27-2)24-11-18-20(16)21(26-25-18)13-5-6-14(10-23)15(8-13)22(29)28-3/h5-9,11,29H,4H2,1-3H3,(H,25,26). The van der Waals surface area contributed by atoms with E-state index in [1.165, 1.54) is 0 Å². The first-order valence-corrected chi connectivity index (χ1v) is 9.62. The number of pyridine rings is 1. The Kier molecular flexibility index (Phi) is 5.02. The first kappa shape index (κ1) is 19.1. The van der Waals surface area contributed by atoms with Crippen molar-refractivity contribution in [1.29, 1.82) is 5.26 Å². The molecule has 144 valence electrons. The van der Waals surface area contributed by atoms with E-state index in [2.05, 4.69) is 43.1 Å². The summed E-state index contributed by atoms with van der Waals surface area (Å²) in [4.78, 5) is 4.56. The molecule has 2 aromatic heterocycles. The van der Waals surface area contributed by atoms with Crippen molar-refractivity contribution in [2.45, 2.75) is 13.3 Å². The van der Waals surface area contributed by atoms with Crippen molar-refractivity contribution < 1.29 is 9.47 Å². The van der Waals surface area contributed by atoms with Gasteiger partial charge in [0.05, 0.1) is 36.0 Å². The van der Waals surface area contributed by atoms with Crippen LogP contribution in [0.1, 0.15) is 23.6 Å². The van der Waals surface area contributed by atoms with E-state index in [0.717, 1.165) is 50.8 Å². The molecular weight excluding hydrogens is 383 g/mol. The van der Waals surface area contributed by atoms with Crippen LogP contribution in [0.25, 0.3) is 33.1 Å². The lowest BCUT2D eigenvalue weighted by Gasteiger charge is -2.10. The van der Waals surface area contributed by atoms with Gasteiger partial charge in [0.25, 0.3) is 0 Å².